The summed E-state index contributed by atoms with van der Waals surface area (Å²) >= 11 is 0. The molecule has 19 heavy (non-hydrogen) atoms. The first-order valence-electron chi connectivity index (χ1n) is 6.37. The number of rotatable bonds is 5. The summed E-state index contributed by atoms with van der Waals surface area (Å²) in [4.78, 5) is 0. The van der Waals surface area contributed by atoms with Crippen molar-refractivity contribution in [2.45, 2.75) is 19.1 Å². The molecule has 0 fully saturated rings. The van der Waals surface area contributed by atoms with Crippen LogP contribution >= 0.6 is 0 Å². The summed E-state index contributed by atoms with van der Waals surface area (Å²) in [5.41, 5.74) is 7.53. The molecule has 3 heteroatoms. The molecule has 3 N–H and O–H groups in total. The van der Waals surface area contributed by atoms with Crippen LogP contribution in [0.3, 0.4) is 0 Å². The summed E-state index contributed by atoms with van der Waals surface area (Å²) in [6.45, 7) is 2.14. The fourth-order valence-corrected chi connectivity index (χ4v) is 1.96. The Morgan fingerprint density at radius 2 is 1.68 bits per heavy atom. The Hall–Kier alpha value is -1.84. The van der Waals surface area contributed by atoms with E-state index in [1.165, 1.54) is 0 Å². The molecule has 2 rings (SSSR count). The van der Waals surface area contributed by atoms with Gasteiger partial charge in [0.25, 0.3) is 0 Å². The quantitative estimate of drug-likeness (QED) is 0.865. The Balaban J connectivity index is 2.27. The van der Waals surface area contributed by atoms with Crippen LogP contribution in [-0.2, 0) is 0 Å². The number of hydrogen-bond donors (Lipinski definition) is 2. The van der Waals surface area contributed by atoms with Crippen molar-refractivity contribution >= 4 is 0 Å². The molecule has 0 aliphatic heterocycles. The highest BCUT2D eigenvalue weighted by Gasteiger charge is 2.22. The van der Waals surface area contributed by atoms with Crippen molar-refractivity contribution in [1.82, 2.24) is 0 Å². The summed E-state index contributed by atoms with van der Waals surface area (Å²) in [5.74, 6) is 0.767. The maximum atomic E-state index is 10.1. The third kappa shape index (κ3) is 3.34. The normalized spacial score (nSPS) is 13.8. The van der Waals surface area contributed by atoms with Crippen LogP contribution in [0.15, 0.2) is 54.6 Å². The molecule has 3 nitrogen and oxygen atoms in total. The molecule has 0 aliphatic rings. The van der Waals surface area contributed by atoms with Gasteiger partial charge in [0.1, 0.15) is 11.9 Å². The van der Waals surface area contributed by atoms with Crippen LogP contribution < -0.4 is 10.5 Å². The summed E-state index contributed by atoms with van der Waals surface area (Å²) in [6, 6.07) is 17.4. The van der Waals surface area contributed by atoms with E-state index in [9.17, 15) is 5.11 Å². The van der Waals surface area contributed by atoms with E-state index in [1.54, 1.807) is 0 Å². The average Bonchev–Trinajstić information content (AvgIpc) is 2.46. The minimum atomic E-state index is -0.734. The van der Waals surface area contributed by atoms with E-state index in [-0.39, 0.29) is 6.54 Å². The zero-order valence-electron chi connectivity index (χ0n) is 11.0. The Morgan fingerprint density at radius 3 is 2.32 bits per heavy atom. The molecule has 0 aliphatic carbocycles. The maximum Gasteiger partial charge on any atom is 0.151 e. The summed E-state index contributed by atoms with van der Waals surface area (Å²) in [7, 11) is 0. The van der Waals surface area contributed by atoms with Gasteiger partial charge in [0.05, 0.1) is 0 Å². The van der Waals surface area contributed by atoms with Gasteiger partial charge in [-0.15, -0.1) is 0 Å². The molecule has 0 saturated heterocycles. The number of ether oxygens (including phenoxy) is 1. The van der Waals surface area contributed by atoms with Gasteiger partial charge in [-0.05, 0) is 24.1 Å². The van der Waals surface area contributed by atoms with Gasteiger partial charge in [0.15, 0.2) is 6.10 Å². The van der Waals surface area contributed by atoms with Crippen molar-refractivity contribution in [3.05, 3.63) is 65.7 Å². The molecule has 0 bridgehead atoms. The highest BCUT2D eigenvalue weighted by molar-refractivity contribution is 5.33. The highest BCUT2D eigenvalue weighted by Crippen LogP contribution is 2.27. The zero-order chi connectivity index (χ0) is 13.7. The van der Waals surface area contributed by atoms with Crippen LogP contribution in [0.25, 0.3) is 0 Å². The molecule has 2 atom stereocenters. The Bertz CT molecular complexity index is 513. The van der Waals surface area contributed by atoms with Crippen LogP contribution in [-0.4, -0.2) is 17.8 Å². The number of aryl methyl sites for hydroxylation is 1. The topological polar surface area (TPSA) is 55.5 Å². The van der Waals surface area contributed by atoms with Crippen molar-refractivity contribution in [2.24, 2.45) is 5.73 Å². The molecule has 2 aromatic rings. The van der Waals surface area contributed by atoms with E-state index in [4.69, 9.17) is 10.5 Å². The molecule has 0 aromatic heterocycles. The lowest BCUT2D eigenvalue weighted by molar-refractivity contribution is 0.0410. The Kier molecular flexibility index (Phi) is 4.55. The van der Waals surface area contributed by atoms with Gasteiger partial charge in [-0.2, -0.15) is 0 Å². The lowest BCUT2D eigenvalue weighted by Crippen LogP contribution is -2.31. The molecule has 2 unspecified atom stereocenters. The van der Waals surface area contributed by atoms with Crippen LogP contribution in [0.1, 0.15) is 17.2 Å². The molecule has 0 amide bonds. The molecule has 0 radical (unpaired) electrons. The fraction of sp³-hybridized carbons (Fsp3) is 0.250. The summed E-state index contributed by atoms with van der Waals surface area (Å²) < 4.78 is 5.95. The van der Waals surface area contributed by atoms with E-state index in [0.717, 1.165) is 16.9 Å². The number of nitrogens with two attached hydrogens (primary N) is 1. The van der Waals surface area contributed by atoms with E-state index in [2.05, 4.69) is 0 Å². The van der Waals surface area contributed by atoms with Crippen molar-refractivity contribution < 1.29 is 9.84 Å². The lowest BCUT2D eigenvalue weighted by Gasteiger charge is -2.24. The van der Waals surface area contributed by atoms with Gasteiger partial charge in [0.2, 0.25) is 0 Å². The second-order valence-electron chi connectivity index (χ2n) is 4.52. The number of hydrogen-bond acceptors (Lipinski definition) is 3. The van der Waals surface area contributed by atoms with Crippen LogP contribution in [0.5, 0.6) is 5.75 Å². The third-order valence-corrected chi connectivity index (χ3v) is 3.07. The van der Waals surface area contributed by atoms with Crippen molar-refractivity contribution in [2.75, 3.05) is 6.54 Å². The first kappa shape index (κ1) is 13.6. The molecule has 0 heterocycles. The molecule has 0 saturated carbocycles. The second-order valence-corrected chi connectivity index (χ2v) is 4.52. The van der Waals surface area contributed by atoms with Crippen molar-refractivity contribution in [3.63, 3.8) is 0 Å². The van der Waals surface area contributed by atoms with Gasteiger partial charge in [0, 0.05) is 6.54 Å². The maximum absolute atomic E-state index is 10.1. The number of para-hydroxylation sites is 1. The Morgan fingerprint density at radius 1 is 1.05 bits per heavy atom. The first-order chi connectivity index (χ1) is 9.22. The first-order valence-corrected chi connectivity index (χ1v) is 6.37. The van der Waals surface area contributed by atoms with Crippen molar-refractivity contribution in [1.29, 1.82) is 0 Å². The monoisotopic (exact) mass is 257 g/mol. The average molecular weight is 257 g/mol. The zero-order valence-corrected chi connectivity index (χ0v) is 11.0. The van der Waals surface area contributed by atoms with Gasteiger partial charge in [-0.1, -0.05) is 48.5 Å². The lowest BCUT2D eigenvalue weighted by atomic mass is 10.0. The molecule has 2 aromatic carbocycles. The van der Waals surface area contributed by atoms with E-state index in [1.807, 2.05) is 61.5 Å². The Labute approximate surface area is 113 Å². The number of aliphatic hydroxyl groups is 1. The number of benzene rings is 2. The smallest absolute Gasteiger partial charge is 0.151 e. The highest BCUT2D eigenvalue weighted by atomic mass is 16.5. The SMILES string of the molecule is Cc1ccccc1OC(c1ccccc1)C(O)CN. The van der Waals surface area contributed by atoms with E-state index >= 15 is 0 Å². The molecular weight excluding hydrogens is 238 g/mol. The van der Waals surface area contributed by atoms with Crippen LogP contribution in [0.4, 0.5) is 0 Å². The third-order valence-electron chi connectivity index (χ3n) is 3.07. The molecular formula is C16H19NO2. The van der Waals surface area contributed by atoms with Crippen LogP contribution in [0, 0.1) is 6.92 Å². The predicted molar refractivity (Wildman–Crippen MR) is 76.1 cm³/mol. The largest absolute Gasteiger partial charge is 0.483 e. The van der Waals surface area contributed by atoms with Gasteiger partial charge in [-0.25, -0.2) is 0 Å². The van der Waals surface area contributed by atoms with Crippen LogP contribution in [0.2, 0.25) is 0 Å². The minimum Gasteiger partial charge on any atom is -0.483 e. The van der Waals surface area contributed by atoms with Gasteiger partial charge in [-0.3, -0.25) is 0 Å². The van der Waals surface area contributed by atoms with E-state index < -0.39 is 12.2 Å². The second kappa shape index (κ2) is 6.36. The molecule has 100 valence electrons. The summed E-state index contributed by atoms with van der Waals surface area (Å²) in [6.07, 6.45) is -1.19. The minimum absolute atomic E-state index is 0.158. The van der Waals surface area contributed by atoms with Crippen molar-refractivity contribution in [3.8, 4) is 5.75 Å². The predicted octanol–water partition coefficient (Wildman–Crippen LogP) is 2.43. The van der Waals surface area contributed by atoms with Gasteiger partial charge < -0.3 is 15.6 Å². The van der Waals surface area contributed by atoms with E-state index in [0.29, 0.717) is 0 Å². The molecule has 0 spiro atoms. The fourth-order valence-electron chi connectivity index (χ4n) is 1.96. The standard InChI is InChI=1S/C16H19NO2/c1-12-7-5-6-10-15(12)19-16(14(18)11-17)13-8-3-2-4-9-13/h2-10,14,16,18H,11,17H2,1H3. The van der Waals surface area contributed by atoms with Gasteiger partial charge >= 0.3 is 0 Å². The summed E-state index contributed by atoms with van der Waals surface area (Å²) in [5, 5.41) is 10.1. The number of aliphatic hydroxyl groups excluding tert-OH is 1.